The van der Waals surface area contributed by atoms with Gasteiger partial charge in [-0.2, -0.15) is 0 Å². The number of rotatable bonds is 6. The summed E-state index contributed by atoms with van der Waals surface area (Å²) in [6.07, 6.45) is 1.08. The van der Waals surface area contributed by atoms with E-state index in [0.29, 0.717) is 6.61 Å². The molecule has 0 radical (unpaired) electrons. The Bertz CT molecular complexity index is 555. The Hall–Kier alpha value is -1.07. The lowest BCUT2D eigenvalue weighted by molar-refractivity contribution is 0.297. The minimum atomic E-state index is 0.433. The van der Waals surface area contributed by atoms with Crippen LogP contribution in [0.4, 0.5) is 5.82 Å². The molecule has 0 spiro atoms. The summed E-state index contributed by atoms with van der Waals surface area (Å²) in [5.41, 5.74) is 0.897. The molecule has 1 aromatic heterocycles. The smallest absolute Gasteiger partial charge is 0.148 e. The third-order valence-electron chi connectivity index (χ3n) is 2.65. The van der Waals surface area contributed by atoms with Crippen LogP contribution in [0, 0.1) is 0 Å². The molecule has 0 aliphatic heterocycles. The van der Waals surface area contributed by atoms with Crippen molar-refractivity contribution >= 4 is 37.7 Å². The molecule has 3 nitrogen and oxygen atoms in total. The van der Waals surface area contributed by atoms with E-state index in [1.165, 1.54) is 0 Å². The Morgan fingerprint density at radius 3 is 2.50 bits per heavy atom. The zero-order valence-corrected chi connectivity index (χ0v) is 14.4. The number of pyridine rings is 1. The predicted octanol–water partition coefficient (Wildman–Crippen LogP) is 5.01. The maximum Gasteiger partial charge on any atom is 0.148 e. The van der Waals surface area contributed by atoms with Crippen LogP contribution in [0.1, 0.15) is 19.0 Å². The van der Waals surface area contributed by atoms with Gasteiger partial charge in [0.05, 0.1) is 14.6 Å². The number of aromatic nitrogens is 1. The van der Waals surface area contributed by atoms with E-state index in [0.717, 1.165) is 39.2 Å². The SMILES string of the molecule is CCCNc1cccc(COc2c(Br)cccc2Br)n1. The van der Waals surface area contributed by atoms with Gasteiger partial charge in [-0.3, -0.25) is 0 Å². The second-order valence-corrected chi connectivity index (χ2v) is 5.99. The highest BCUT2D eigenvalue weighted by atomic mass is 79.9. The minimum Gasteiger partial charge on any atom is -0.485 e. The highest BCUT2D eigenvalue weighted by Gasteiger charge is 2.06. The highest BCUT2D eigenvalue weighted by molar-refractivity contribution is 9.11. The van der Waals surface area contributed by atoms with Crippen molar-refractivity contribution in [3.05, 3.63) is 51.0 Å². The van der Waals surface area contributed by atoms with Crippen molar-refractivity contribution in [2.45, 2.75) is 20.0 Å². The lowest BCUT2D eigenvalue weighted by Crippen LogP contribution is -2.05. The molecule has 2 aromatic rings. The van der Waals surface area contributed by atoms with Crippen LogP contribution >= 0.6 is 31.9 Å². The molecule has 0 unspecified atom stereocenters. The molecule has 2 rings (SSSR count). The Kier molecular flexibility index (Phi) is 5.86. The van der Waals surface area contributed by atoms with Gasteiger partial charge in [0.25, 0.3) is 0 Å². The predicted molar refractivity (Wildman–Crippen MR) is 89.2 cm³/mol. The second kappa shape index (κ2) is 7.64. The number of ether oxygens (including phenoxy) is 1. The molecule has 1 N–H and O–H groups in total. The fourth-order valence-corrected chi connectivity index (χ4v) is 2.91. The number of hydrogen-bond acceptors (Lipinski definition) is 3. The largest absolute Gasteiger partial charge is 0.485 e. The van der Waals surface area contributed by atoms with Crippen molar-refractivity contribution in [3.8, 4) is 5.75 Å². The number of halogens is 2. The number of nitrogens with one attached hydrogen (secondary N) is 1. The fraction of sp³-hybridized carbons (Fsp3) is 0.267. The number of anilines is 1. The summed E-state index contributed by atoms with van der Waals surface area (Å²) in [6.45, 7) is 3.49. The van der Waals surface area contributed by atoms with E-state index in [2.05, 4.69) is 49.1 Å². The molecule has 0 saturated heterocycles. The standard InChI is InChI=1S/C15H16Br2N2O/c1-2-9-18-14-8-3-5-11(19-14)10-20-15-12(16)6-4-7-13(15)17/h3-8H,2,9-10H2,1H3,(H,18,19). The van der Waals surface area contributed by atoms with E-state index in [4.69, 9.17) is 4.74 Å². The van der Waals surface area contributed by atoms with Crippen molar-refractivity contribution in [3.63, 3.8) is 0 Å². The molecule has 0 aliphatic carbocycles. The van der Waals surface area contributed by atoms with Crippen LogP contribution in [-0.2, 0) is 6.61 Å². The van der Waals surface area contributed by atoms with E-state index >= 15 is 0 Å². The van der Waals surface area contributed by atoms with Gasteiger partial charge in [0.15, 0.2) is 0 Å². The van der Waals surface area contributed by atoms with Gasteiger partial charge in [-0.1, -0.05) is 19.1 Å². The molecule has 0 bridgehead atoms. The quantitative estimate of drug-likeness (QED) is 0.741. The third kappa shape index (κ3) is 4.21. The normalized spacial score (nSPS) is 10.3. The van der Waals surface area contributed by atoms with Gasteiger partial charge >= 0.3 is 0 Å². The van der Waals surface area contributed by atoms with Gasteiger partial charge in [0, 0.05) is 6.54 Å². The molecule has 0 fully saturated rings. The van der Waals surface area contributed by atoms with Crippen molar-refractivity contribution < 1.29 is 4.74 Å². The summed E-state index contributed by atoms with van der Waals surface area (Å²) in [5.74, 6) is 1.68. The van der Waals surface area contributed by atoms with E-state index in [1.807, 2.05) is 36.4 Å². The van der Waals surface area contributed by atoms with Crippen LogP contribution in [0.3, 0.4) is 0 Å². The maximum atomic E-state index is 5.83. The molecule has 1 heterocycles. The Balaban J connectivity index is 2.03. The van der Waals surface area contributed by atoms with Gasteiger partial charge in [-0.25, -0.2) is 4.98 Å². The molecule has 5 heteroatoms. The van der Waals surface area contributed by atoms with Crippen LogP contribution < -0.4 is 10.1 Å². The van der Waals surface area contributed by atoms with Crippen molar-refractivity contribution in [1.82, 2.24) is 4.98 Å². The topological polar surface area (TPSA) is 34.1 Å². The van der Waals surface area contributed by atoms with Crippen molar-refractivity contribution in [1.29, 1.82) is 0 Å². The molecule has 0 saturated carbocycles. The molecule has 106 valence electrons. The molecular weight excluding hydrogens is 384 g/mol. The summed E-state index contributed by atoms with van der Waals surface area (Å²) in [4.78, 5) is 4.52. The molecule has 20 heavy (non-hydrogen) atoms. The van der Waals surface area contributed by atoms with Gasteiger partial charge in [-0.15, -0.1) is 0 Å². The second-order valence-electron chi connectivity index (χ2n) is 4.28. The van der Waals surface area contributed by atoms with E-state index in [-0.39, 0.29) is 0 Å². The van der Waals surface area contributed by atoms with Gasteiger partial charge < -0.3 is 10.1 Å². The van der Waals surface area contributed by atoms with Gasteiger partial charge in [0.2, 0.25) is 0 Å². The summed E-state index contributed by atoms with van der Waals surface area (Å²) in [6, 6.07) is 11.8. The number of nitrogens with zero attached hydrogens (tertiary/aromatic N) is 1. The average Bonchev–Trinajstić information content (AvgIpc) is 2.45. The number of para-hydroxylation sites is 1. The zero-order chi connectivity index (χ0) is 14.4. The highest BCUT2D eigenvalue weighted by Crippen LogP contribution is 2.33. The Morgan fingerprint density at radius 2 is 1.80 bits per heavy atom. The van der Waals surface area contributed by atoms with Crippen LogP contribution in [0.15, 0.2) is 45.3 Å². The lowest BCUT2D eigenvalue weighted by Gasteiger charge is -2.11. The zero-order valence-electron chi connectivity index (χ0n) is 11.2. The molecule has 1 aromatic carbocycles. The van der Waals surface area contributed by atoms with Crippen LogP contribution in [0.5, 0.6) is 5.75 Å². The number of hydrogen-bond donors (Lipinski definition) is 1. The maximum absolute atomic E-state index is 5.83. The molecular formula is C15H16Br2N2O. The van der Waals surface area contributed by atoms with Crippen LogP contribution in [-0.4, -0.2) is 11.5 Å². The van der Waals surface area contributed by atoms with E-state index < -0.39 is 0 Å². The minimum absolute atomic E-state index is 0.433. The first-order valence-corrected chi connectivity index (χ1v) is 8.06. The fourth-order valence-electron chi connectivity index (χ4n) is 1.68. The summed E-state index contributed by atoms with van der Waals surface area (Å²) in [5, 5.41) is 3.27. The van der Waals surface area contributed by atoms with Gasteiger partial charge in [-0.05, 0) is 62.5 Å². The average molecular weight is 400 g/mol. The molecule has 0 atom stereocenters. The lowest BCUT2D eigenvalue weighted by atomic mass is 10.3. The van der Waals surface area contributed by atoms with Gasteiger partial charge in [0.1, 0.15) is 18.2 Å². The number of benzene rings is 1. The van der Waals surface area contributed by atoms with E-state index in [9.17, 15) is 0 Å². The van der Waals surface area contributed by atoms with Crippen molar-refractivity contribution in [2.75, 3.05) is 11.9 Å². The van der Waals surface area contributed by atoms with Crippen LogP contribution in [0.25, 0.3) is 0 Å². The third-order valence-corrected chi connectivity index (χ3v) is 3.90. The molecule has 0 aliphatic rings. The first-order chi connectivity index (χ1) is 9.70. The summed E-state index contributed by atoms with van der Waals surface area (Å²) < 4.78 is 7.68. The Morgan fingerprint density at radius 1 is 1.10 bits per heavy atom. The van der Waals surface area contributed by atoms with E-state index in [1.54, 1.807) is 0 Å². The molecule has 0 amide bonds. The monoisotopic (exact) mass is 398 g/mol. The first-order valence-electron chi connectivity index (χ1n) is 6.47. The summed E-state index contributed by atoms with van der Waals surface area (Å²) >= 11 is 6.96. The summed E-state index contributed by atoms with van der Waals surface area (Å²) in [7, 11) is 0. The van der Waals surface area contributed by atoms with Crippen LogP contribution in [0.2, 0.25) is 0 Å². The van der Waals surface area contributed by atoms with Crippen molar-refractivity contribution in [2.24, 2.45) is 0 Å². The Labute approximate surface area is 136 Å². The first kappa shape index (κ1) is 15.3.